The van der Waals surface area contributed by atoms with E-state index in [1.165, 1.54) is 24.2 Å². The lowest BCUT2D eigenvalue weighted by Gasteiger charge is -2.16. The number of benzene rings is 1. The van der Waals surface area contributed by atoms with Crippen molar-refractivity contribution in [3.05, 3.63) is 46.5 Å². The van der Waals surface area contributed by atoms with Crippen LogP contribution in [0.5, 0.6) is 0 Å². The maximum Gasteiger partial charge on any atom is 0.0997 e. The highest BCUT2D eigenvalue weighted by molar-refractivity contribution is 6.31. The standard InChI is InChI=1S/C14H15ClN2O/c15-11-4-3-7-13(10(11)8-18)17-9-16-12-5-1-2-6-14(12)17/h3-4,7,9,18H,1-2,5-6,8H2. The Hall–Kier alpha value is -1.32. The lowest BCUT2D eigenvalue weighted by atomic mass is 10.0. The fourth-order valence-corrected chi connectivity index (χ4v) is 2.84. The fourth-order valence-electron chi connectivity index (χ4n) is 2.61. The molecule has 1 heterocycles. The molecule has 1 aromatic heterocycles. The zero-order valence-corrected chi connectivity index (χ0v) is 10.8. The third-order valence-electron chi connectivity index (χ3n) is 3.54. The monoisotopic (exact) mass is 262 g/mol. The number of halogens is 1. The Balaban J connectivity index is 2.15. The molecule has 4 heteroatoms. The van der Waals surface area contributed by atoms with Crippen LogP contribution in [0.25, 0.3) is 5.69 Å². The molecule has 0 amide bonds. The van der Waals surface area contributed by atoms with Gasteiger partial charge in [-0.05, 0) is 37.8 Å². The van der Waals surface area contributed by atoms with Gasteiger partial charge in [-0.1, -0.05) is 17.7 Å². The molecule has 1 N–H and O–H groups in total. The van der Waals surface area contributed by atoms with Crippen molar-refractivity contribution in [2.24, 2.45) is 0 Å². The Morgan fingerprint density at radius 1 is 1.28 bits per heavy atom. The third kappa shape index (κ3) is 1.84. The lowest BCUT2D eigenvalue weighted by Crippen LogP contribution is -2.08. The molecule has 3 rings (SSSR count). The van der Waals surface area contributed by atoms with Crippen molar-refractivity contribution in [2.75, 3.05) is 0 Å². The third-order valence-corrected chi connectivity index (χ3v) is 3.90. The molecule has 3 nitrogen and oxygen atoms in total. The fraction of sp³-hybridized carbons (Fsp3) is 0.357. The number of fused-ring (bicyclic) bond motifs is 1. The molecule has 2 aromatic rings. The Kier molecular flexibility index (Phi) is 3.10. The molecule has 0 fully saturated rings. The lowest BCUT2D eigenvalue weighted by molar-refractivity contribution is 0.281. The molecule has 1 aromatic carbocycles. The van der Waals surface area contributed by atoms with Crippen molar-refractivity contribution in [3.63, 3.8) is 0 Å². The van der Waals surface area contributed by atoms with Gasteiger partial charge in [0.15, 0.2) is 0 Å². The SMILES string of the molecule is OCc1c(Cl)cccc1-n1cnc2c1CCCC2. The largest absolute Gasteiger partial charge is 0.392 e. The molecule has 1 aliphatic rings. The van der Waals surface area contributed by atoms with Crippen LogP contribution in [-0.2, 0) is 19.4 Å². The highest BCUT2D eigenvalue weighted by Gasteiger charge is 2.18. The van der Waals surface area contributed by atoms with Crippen LogP contribution in [0.15, 0.2) is 24.5 Å². The van der Waals surface area contributed by atoms with E-state index in [-0.39, 0.29) is 6.61 Å². The summed E-state index contributed by atoms with van der Waals surface area (Å²) in [4.78, 5) is 4.48. The van der Waals surface area contributed by atoms with E-state index in [2.05, 4.69) is 9.55 Å². The summed E-state index contributed by atoms with van der Waals surface area (Å²) in [6.07, 6.45) is 6.37. The maximum absolute atomic E-state index is 9.48. The van der Waals surface area contributed by atoms with Crippen molar-refractivity contribution in [1.29, 1.82) is 0 Å². The number of hydrogen-bond donors (Lipinski definition) is 1. The van der Waals surface area contributed by atoms with E-state index in [1.807, 2.05) is 18.5 Å². The van der Waals surface area contributed by atoms with Gasteiger partial charge in [0.05, 0.1) is 24.3 Å². The first-order valence-electron chi connectivity index (χ1n) is 6.25. The van der Waals surface area contributed by atoms with Crippen LogP contribution in [0, 0.1) is 0 Å². The average Bonchev–Trinajstić information content (AvgIpc) is 2.82. The summed E-state index contributed by atoms with van der Waals surface area (Å²) < 4.78 is 2.08. The minimum absolute atomic E-state index is 0.0536. The molecule has 0 aliphatic heterocycles. The number of aromatic nitrogens is 2. The molecule has 0 atom stereocenters. The summed E-state index contributed by atoms with van der Waals surface area (Å²) in [5.41, 5.74) is 4.16. The molecule has 18 heavy (non-hydrogen) atoms. The van der Waals surface area contributed by atoms with E-state index in [0.717, 1.165) is 24.1 Å². The second-order valence-corrected chi connectivity index (χ2v) is 5.02. The number of nitrogens with zero attached hydrogens (tertiary/aromatic N) is 2. The zero-order chi connectivity index (χ0) is 12.5. The maximum atomic E-state index is 9.48. The van der Waals surface area contributed by atoms with Crippen LogP contribution >= 0.6 is 11.6 Å². The molecule has 0 bridgehead atoms. The number of aliphatic hydroxyl groups is 1. The van der Waals surface area contributed by atoms with Gasteiger partial charge in [0, 0.05) is 16.3 Å². The summed E-state index contributed by atoms with van der Waals surface area (Å²) in [5, 5.41) is 10.1. The van der Waals surface area contributed by atoms with Gasteiger partial charge >= 0.3 is 0 Å². The van der Waals surface area contributed by atoms with Crippen molar-refractivity contribution in [1.82, 2.24) is 9.55 Å². The second kappa shape index (κ2) is 4.75. The van der Waals surface area contributed by atoms with Crippen molar-refractivity contribution < 1.29 is 5.11 Å². The number of aliphatic hydroxyl groups excluding tert-OH is 1. The summed E-state index contributed by atoms with van der Waals surface area (Å²) in [6.45, 7) is -0.0536. The highest BCUT2D eigenvalue weighted by atomic mass is 35.5. The van der Waals surface area contributed by atoms with Gasteiger partial charge in [-0.25, -0.2) is 4.98 Å². The van der Waals surface area contributed by atoms with Crippen molar-refractivity contribution in [2.45, 2.75) is 32.3 Å². The first kappa shape index (κ1) is 11.8. The predicted octanol–water partition coefficient (Wildman–Crippen LogP) is 2.90. The summed E-state index contributed by atoms with van der Waals surface area (Å²) >= 11 is 6.14. The number of imidazole rings is 1. The van der Waals surface area contributed by atoms with Gasteiger partial charge in [0.25, 0.3) is 0 Å². The van der Waals surface area contributed by atoms with E-state index in [1.54, 1.807) is 6.07 Å². The molecular formula is C14H15ClN2O. The van der Waals surface area contributed by atoms with Gasteiger partial charge in [-0.2, -0.15) is 0 Å². The van der Waals surface area contributed by atoms with Crippen LogP contribution < -0.4 is 0 Å². The smallest absolute Gasteiger partial charge is 0.0997 e. The minimum Gasteiger partial charge on any atom is -0.392 e. The molecule has 0 radical (unpaired) electrons. The topological polar surface area (TPSA) is 38.0 Å². The van der Waals surface area contributed by atoms with E-state index < -0.39 is 0 Å². The molecule has 0 unspecified atom stereocenters. The summed E-state index contributed by atoms with van der Waals surface area (Å²) in [6, 6.07) is 5.69. The van der Waals surface area contributed by atoms with Gasteiger partial charge in [0.1, 0.15) is 0 Å². The van der Waals surface area contributed by atoms with E-state index in [9.17, 15) is 5.11 Å². The number of hydrogen-bond acceptors (Lipinski definition) is 2. The van der Waals surface area contributed by atoms with Crippen LogP contribution in [0.1, 0.15) is 29.8 Å². The van der Waals surface area contributed by atoms with E-state index in [4.69, 9.17) is 11.6 Å². The van der Waals surface area contributed by atoms with Crippen LogP contribution in [0.3, 0.4) is 0 Å². The Bertz CT molecular complexity index is 577. The highest BCUT2D eigenvalue weighted by Crippen LogP contribution is 2.28. The number of rotatable bonds is 2. The molecule has 0 saturated carbocycles. The summed E-state index contributed by atoms with van der Waals surface area (Å²) in [5.74, 6) is 0. The van der Waals surface area contributed by atoms with Crippen molar-refractivity contribution in [3.8, 4) is 5.69 Å². The molecule has 0 spiro atoms. The molecule has 0 saturated heterocycles. The Morgan fingerprint density at radius 3 is 2.94 bits per heavy atom. The van der Waals surface area contributed by atoms with E-state index in [0.29, 0.717) is 5.02 Å². The van der Waals surface area contributed by atoms with Gasteiger partial charge < -0.3 is 9.67 Å². The first-order chi connectivity index (χ1) is 8.81. The van der Waals surface area contributed by atoms with Crippen molar-refractivity contribution >= 4 is 11.6 Å². The second-order valence-electron chi connectivity index (χ2n) is 4.61. The predicted molar refractivity (Wildman–Crippen MR) is 71.1 cm³/mol. The minimum atomic E-state index is -0.0536. The van der Waals surface area contributed by atoms with Gasteiger partial charge in [0.2, 0.25) is 0 Å². The van der Waals surface area contributed by atoms with Crippen LogP contribution in [0.4, 0.5) is 0 Å². The number of aryl methyl sites for hydroxylation is 1. The summed E-state index contributed by atoms with van der Waals surface area (Å²) in [7, 11) is 0. The van der Waals surface area contributed by atoms with Crippen LogP contribution in [0.2, 0.25) is 5.02 Å². The quantitative estimate of drug-likeness (QED) is 0.904. The molecule has 94 valence electrons. The van der Waals surface area contributed by atoms with Crippen LogP contribution in [-0.4, -0.2) is 14.7 Å². The Morgan fingerprint density at radius 2 is 2.11 bits per heavy atom. The normalized spacial score (nSPS) is 14.6. The van der Waals surface area contributed by atoms with Gasteiger partial charge in [-0.3, -0.25) is 0 Å². The molecular weight excluding hydrogens is 248 g/mol. The van der Waals surface area contributed by atoms with E-state index >= 15 is 0 Å². The Labute approximate surface area is 111 Å². The van der Waals surface area contributed by atoms with Gasteiger partial charge in [-0.15, -0.1) is 0 Å². The zero-order valence-electron chi connectivity index (χ0n) is 10.1. The first-order valence-corrected chi connectivity index (χ1v) is 6.63. The average molecular weight is 263 g/mol. The molecule has 1 aliphatic carbocycles.